The second kappa shape index (κ2) is 5.79. The quantitative estimate of drug-likeness (QED) is 0.834. The third-order valence-electron chi connectivity index (χ3n) is 2.91. The van der Waals surface area contributed by atoms with Crippen molar-refractivity contribution in [3.8, 4) is 0 Å². The first kappa shape index (κ1) is 15.1. The highest BCUT2D eigenvalue weighted by atomic mass is 79.9. The summed E-state index contributed by atoms with van der Waals surface area (Å²) in [7, 11) is -3.47. The smallest absolute Gasteiger partial charge is 0.250 e. The van der Waals surface area contributed by atoms with E-state index in [4.69, 9.17) is 5.73 Å². The van der Waals surface area contributed by atoms with E-state index < -0.39 is 15.6 Å². The predicted octanol–water partition coefficient (Wildman–Crippen LogP) is 2.31. The third-order valence-corrected chi connectivity index (χ3v) is 6.60. The van der Waals surface area contributed by atoms with E-state index in [0.717, 1.165) is 3.79 Å². The fourth-order valence-electron chi connectivity index (χ4n) is 1.50. The van der Waals surface area contributed by atoms with Crippen LogP contribution in [0.15, 0.2) is 20.1 Å². The summed E-state index contributed by atoms with van der Waals surface area (Å²) in [5, 5.41) is 0. The van der Waals surface area contributed by atoms with Crippen LogP contribution in [0.2, 0.25) is 0 Å². The van der Waals surface area contributed by atoms with Crippen molar-refractivity contribution in [1.29, 1.82) is 0 Å². The Kier molecular flexibility index (Phi) is 5.15. The summed E-state index contributed by atoms with van der Waals surface area (Å²) < 4.78 is 28.1. The topological polar surface area (TPSA) is 72.2 Å². The van der Waals surface area contributed by atoms with Crippen molar-refractivity contribution in [2.45, 2.75) is 36.4 Å². The molecule has 1 rings (SSSR count). The van der Waals surface area contributed by atoms with Crippen LogP contribution < -0.4 is 10.5 Å². The number of hydrogen-bond donors (Lipinski definition) is 2. The summed E-state index contributed by atoms with van der Waals surface area (Å²) in [6.45, 7) is 4.16. The van der Waals surface area contributed by atoms with Crippen LogP contribution in [0.3, 0.4) is 0 Å². The van der Waals surface area contributed by atoms with E-state index in [9.17, 15) is 8.42 Å². The van der Waals surface area contributed by atoms with Crippen LogP contribution in [0.4, 0.5) is 0 Å². The minimum atomic E-state index is -3.47. The number of sulfonamides is 1. The molecule has 0 aliphatic rings. The van der Waals surface area contributed by atoms with Gasteiger partial charge in [0.25, 0.3) is 10.0 Å². The van der Waals surface area contributed by atoms with Crippen LogP contribution in [-0.4, -0.2) is 20.5 Å². The molecule has 98 valence electrons. The Labute approximate surface area is 115 Å². The molecule has 1 aromatic rings. The fourth-order valence-corrected chi connectivity index (χ4v) is 5.07. The maximum Gasteiger partial charge on any atom is 0.250 e. The van der Waals surface area contributed by atoms with Gasteiger partial charge in [0.2, 0.25) is 0 Å². The average Bonchev–Trinajstić information content (AvgIpc) is 2.74. The molecule has 0 atom stereocenters. The van der Waals surface area contributed by atoms with Crippen LogP contribution in [0.5, 0.6) is 0 Å². The van der Waals surface area contributed by atoms with Crippen molar-refractivity contribution in [3.05, 3.63) is 15.9 Å². The van der Waals surface area contributed by atoms with E-state index in [-0.39, 0.29) is 0 Å². The number of nitrogens with one attached hydrogen (secondary N) is 1. The van der Waals surface area contributed by atoms with Gasteiger partial charge in [-0.15, -0.1) is 11.3 Å². The lowest BCUT2D eigenvalue weighted by Crippen LogP contribution is -2.52. The minimum Gasteiger partial charge on any atom is -0.329 e. The summed E-state index contributed by atoms with van der Waals surface area (Å²) in [4.78, 5) is 0. The van der Waals surface area contributed by atoms with Gasteiger partial charge in [0, 0.05) is 12.1 Å². The van der Waals surface area contributed by atoms with Crippen molar-refractivity contribution in [3.63, 3.8) is 0 Å². The van der Waals surface area contributed by atoms with Gasteiger partial charge in [-0.1, -0.05) is 13.8 Å². The Bertz CT molecular complexity index is 458. The molecule has 0 aromatic carbocycles. The maximum atomic E-state index is 12.2. The van der Waals surface area contributed by atoms with E-state index >= 15 is 0 Å². The molecule has 0 radical (unpaired) electrons. The molecule has 0 amide bonds. The van der Waals surface area contributed by atoms with Crippen molar-refractivity contribution >= 4 is 37.3 Å². The molecule has 17 heavy (non-hydrogen) atoms. The first-order valence-corrected chi connectivity index (χ1v) is 8.48. The highest BCUT2D eigenvalue weighted by molar-refractivity contribution is 9.11. The van der Waals surface area contributed by atoms with Gasteiger partial charge >= 0.3 is 0 Å². The fraction of sp³-hybridized carbons (Fsp3) is 0.600. The van der Waals surface area contributed by atoms with Crippen LogP contribution in [0.25, 0.3) is 0 Å². The van der Waals surface area contributed by atoms with Gasteiger partial charge in [0.15, 0.2) is 0 Å². The Hall–Kier alpha value is 0.0500. The molecule has 0 aliphatic heterocycles. The standard InChI is InChI=1S/C10H17BrN2O2S2/c1-3-10(4-2,7-12)13-17(14,15)9-6-5-8(11)16-9/h5-6,13H,3-4,7,12H2,1-2H3. The molecule has 0 spiro atoms. The van der Waals surface area contributed by atoms with E-state index in [1.54, 1.807) is 12.1 Å². The lowest BCUT2D eigenvalue weighted by molar-refractivity contribution is 0.363. The number of hydrogen-bond acceptors (Lipinski definition) is 4. The van der Waals surface area contributed by atoms with Gasteiger partial charge in [-0.2, -0.15) is 0 Å². The zero-order chi connectivity index (χ0) is 13.1. The van der Waals surface area contributed by atoms with Gasteiger partial charge in [-0.25, -0.2) is 13.1 Å². The molecule has 4 nitrogen and oxygen atoms in total. The van der Waals surface area contributed by atoms with Gasteiger partial charge in [0.05, 0.1) is 3.79 Å². The molecule has 3 N–H and O–H groups in total. The lowest BCUT2D eigenvalue weighted by atomic mass is 9.95. The summed E-state index contributed by atoms with van der Waals surface area (Å²) in [6.07, 6.45) is 1.34. The summed E-state index contributed by atoms with van der Waals surface area (Å²) >= 11 is 4.45. The van der Waals surface area contributed by atoms with Gasteiger partial charge < -0.3 is 5.73 Å². The molecule has 7 heteroatoms. The molecular weight excluding hydrogens is 324 g/mol. The van der Waals surface area contributed by atoms with Gasteiger partial charge in [-0.3, -0.25) is 0 Å². The second-order valence-electron chi connectivity index (χ2n) is 3.86. The monoisotopic (exact) mass is 340 g/mol. The number of nitrogens with two attached hydrogens (primary N) is 1. The van der Waals surface area contributed by atoms with Gasteiger partial charge in [0.1, 0.15) is 4.21 Å². The maximum absolute atomic E-state index is 12.2. The lowest BCUT2D eigenvalue weighted by Gasteiger charge is -2.30. The number of halogens is 1. The average molecular weight is 341 g/mol. The van der Waals surface area contributed by atoms with Crippen LogP contribution in [-0.2, 0) is 10.0 Å². The molecule has 0 unspecified atom stereocenters. The number of rotatable bonds is 6. The van der Waals surface area contributed by atoms with Gasteiger partial charge in [-0.05, 0) is 40.9 Å². The van der Waals surface area contributed by atoms with E-state index in [1.165, 1.54) is 11.3 Å². The molecule has 0 fully saturated rings. The second-order valence-corrected chi connectivity index (χ2v) is 8.23. The molecule has 1 aromatic heterocycles. The first-order chi connectivity index (χ1) is 7.89. The van der Waals surface area contributed by atoms with Crippen molar-refractivity contribution in [1.82, 2.24) is 4.72 Å². The van der Waals surface area contributed by atoms with E-state index in [2.05, 4.69) is 20.7 Å². The Morgan fingerprint density at radius 2 is 2.00 bits per heavy atom. The molecular formula is C10H17BrN2O2S2. The number of thiophene rings is 1. The first-order valence-electron chi connectivity index (χ1n) is 5.38. The molecule has 0 aliphatic carbocycles. The Morgan fingerprint density at radius 1 is 1.41 bits per heavy atom. The van der Waals surface area contributed by atoms with Crippen molar-refractivity contribution in [2.24, 2.45) is 5.73 Å². The normalized spacial score (nSPS) is 12.9. The van der Waals surface area contributed by atoms with E-state index in [0.29, 0.717) is 23.6 Å². The van der Waals surface area contributed by atoms with Crippen LogP contribution in [0, 0.1) is 0 Å². The highest BCUT2D eigenvalue weighted by Crippen LogP contribution is 2.27. The highest BCUT2D eigenvalue weighted by Gasteiger charge is 2.31. The largest absolute Gasteiger partial charge is 0.329 e. The molecule has 0 saturated heterocycles. The summed E-state index contributed by atoms with van der Waals surface area (Å²) in [6, 6.07) is 3.31. The zero-order valence-electron chi connectivity index (χ0n) is 9.86. The summed E-state index contributed by atoms with van der Waals surface area (Å²) in [5.74, 6) is 0. The third kappa shape index (κ3) is 3.51. The predicted molar refractivity (Wildman–Crippen MR) is 74.7 cm³/mol. The SMILES string of the molecule is CCC(CC)(CN)NS(=O)(=O)c1ccc(Br)s1. The van der Waals surface area contributed by atoms with Crippen LogP contribution >= 0.6 is 27.3 Å². The van der Waals surface area contributed by atoms with Crippen LogP contribution in [0.1, 0.15) is 26.7 Å². The van der Waals surface area contributed by atoms with E-state index in [1.807, 2.05) is 13.8 Å². The molecule has 1 heterocycles. The molecule has 0 bridgehead atoms. The minimum absolute atomic E-state index is 0.297. The molecule has 0 saturated carbocycles. The Balaban J connectivity index is 3.00. The van der Waals surface area contributed by atoms with Crippen molar-refractivity contribution < 1.29 is 8.42 Å². The summed E-state index contributed by atoms with van der Waals surface area (Å²) in [5.41, 5.74) is 5.14. The zero-order valence-corrected chi connectivity index (χ0v) is 13.1. The Morgan fingerprint density at radius 3 is 2.35 bits per heavy atom. The van der Waals surface area contributed by atoms with Crippen molar-refractivity contribution in [2.75, 3.05) is 6.54 Å².